The molecule has 4 aromatic rings. The van der Waals surface area contributed by atoms with E-state index in [1.165, 1.54) is 4.68 Å². The molecule has 2 aromatic heterocycles. The van der Waals surface area contributed by atoms with Crippen LogP contribution in [-0.4, -0.2) is 20.4 Å². The molecule has 0 atom stereocenters. The number of aromatic nitrogens is 3. The molecular formula is C22H17ClN4O. The Morgan fingerprint density at radius 3 is 2.71 bits per heavy atom. The predicted octanol–water partition coefficient (Wildman–Crippen LogP) is 4.69. The molecule has 0 unspecified atom stereocenters. The van der Waals surface area contributed by atoms with Gasteiger partial charge in [0.15, 0.2) is 5.82 Å². The van der Waals surface area contributed by atoms with Gasteiger partial charge >= 0.3 is 0 Å². The van der Waals surface area contributed by atoms with Crippen molar-refractivity contribution in [2.24, 2.45) is 5.10 Å². The summed E-state index contributed by atoms with van der Waals surface area (Å²) in [4.78, 5) is 22.1. The van der Waals surface area contributed by atoms with Crippen LogP contribution in [0.25, 0.3) is 22.3 Å². The Labute approximate surface area is 167 Å². The highest BCUT2D eigenvalue weighted by Gasteiger charge is 2.14. The first-order valence-electron chi connectivity index (χ1n) is 8.78. The molecule has 0 N–H and O–H groups in total. The minimum absolute atomic E-state index is 0.279. The van der Waals surface area contributed by atoms with Crippen molar-refractivity contribution in [1.82, 2.24) is 14.6 Å². The van der Waals surface area contributed by atoms with E-state index < -0.39 is 0 Å². The Hall–Kier alpha value is -3.31. The number of rotatable bonds is 3. The maximum absolute atomic E-state index is 13.2. The predicted molar refractivity (Wildman–Crippen MR) is 113 cm³/mol. The van der Waals surface area contributed by atoms with Crippen molar-refractivity contribution in [3.05, 3.63) is 93.5 Å². The molecule has 138 valence electrons. The van der Waals surface area contributed by atoms with Crippen molar-refractivity contribution in [1.29, 1.82) is 0 Å². The van der Waals surface area contributed by atoms with E-state index in [1.54, 1.807) is 36.7 Å². The molecule has 0 saturated heterocycles. The van der Waals surface area contributed by atoms with Gasteiger partial charge in [-0.05, 0) is 49.7 Å². The largest absolute Gasteiger partial charge is 0.282 e. The molecule has 5 nitrogen and oxygen atoms in total. The SMILES string of the molecule is CC(=Nn1c(-c2cccnc2)nc2ccc(Cl)cc2c1=O)c1cccc(C)c1. The van der Waals surface area contributed by atoms with Crippen molar-refractivity contribution < 1.29 is 0 Å². The van der Waals surface area contributed by atoms with Crippen LogP contribution in [-0.2, 0) is 0 Å². The average Bonchev–Trinajstić information content (AvgIpc) is 2.71. The fraction of sp³-hybridized carbons (Fsp3) is 0.0909. The molecule has 0 spiro atoms. The molecule has 0 aliphatic rings. The maximum atomic E-state index is 13.2. The van der Waals surface area contributed by atoms with Gasteiger partial charge in [-0.25, -0.2) is 4.98 Å². The normalized spacial score (nSPS) is 11.8. The number of pyridine rings is 1. The molecule has 2 heterocycles. The van der Waals surface area contributed by atoms with Gasteiger partial charge in [-0.1, -0.05) is 41.4 Å². The van der Waals surface area contributed by atoms with Gasteiger partial charge in [-0.2, -0.15) is 9.78 Å². The molecule has 0 bridgehead atoms. The Kier molecular flexibility index (Phi) is 4.75. The molecule has 6 heteroatoms. The van der Waals surface area contributed by atoms with Crippen LogP contribution < -0.4 is 5.56 Å². The van der Waals surface area contributed by atoms with Crippen LogP contribution in [0.5, 0.6) is 0 Å². The standard InChI is InChI=1S/C22H17ClN4O/c1-14-5-3-6-16(11-14)15(2)26-27-21(17-7-4-10-24-13-17)25-20-9-8-18(23)12-19(20)22(27)28/h3-13H,1-2H3. The van der Waals surface area contributed by atoms with E-state index >= 15 is 0 Å². The van der Waals surface area contributed by atoms with E-state index in [4.69, 9.17) is 11.6 Å². The number of benzene rings is 2. The van der Waals surface area contributed by atoms with Crippen LogP contribution in [0.1, 0.15) is 18.1 Å². The minimum atomic E-state index is -0.279. The van der Waals surface area contributed by atoms with Gasteiger partial charge in [0.25, 0.3) is 5.56 Å². The lowest BCUT2D eigenvalue weighted by Gasteiger charge is -2.11. The molecule has 2 aromatic carbocycles. The molecule has 0 amide bonds. The lowest BCUT2D eigenvalue weighted by atomic mass is 10.1. The van der Waals surface area contributed by atoms with Crippen LogP contribution in [0.4, 0.5) is 0 Å². The van der Waals surface area contributed by atoms with E-state index in [2.05, 4.69) is 15.1 Å². The van der Waals surface area contributed by atoms with Gasteiger partial charge in [0, 0.05) is 23.0 Å². The topological polar surface area (TPSA) is 60.1 Å². The van der Waals surface area contributed by atoms with Crippen molar-refractivity contribution in [3.8, 4) is 11.4 Å². The first-order valence-corrected chi connectivity index (χ1v) is 9.16. The van der Waals surface area contributed by atoms with Crippen LogP contribution in [0.15, 0.2) is 76.9 Å². The van der Waals surface area contributed by atoms with E-state index in [1.807, 2.05) is 44.2 Å². The van der Waals surface area contributed by atoms with E-state index in [0.29, 0.717) is 33.0 Å². The van der Waals surface area contributed by atoms with Crippen molar-refractivity contribution in [2.75, 3.05) is 0 Å². The monoisotopic (exact) mass is 388 g/mol. The van der Waals surface area contributed by atoms with Crippen molar-refractivity contribution in [2.45, 2.75) is 13.8 Å². The Bertz CT molecular complexity index is 1260. The fourth-order valence-electron chi connectivity index (χ4n) is 3.00. The molecule has 0 aliphatic heterocycles. The highest BCUT2D eigenvalue weighted by atomic mass is 35.5. The number of hydrogen-bond donors (Lipinski definition) is 0. The van der Waals surface area contributed by atoms with Crippen molar-refractivity contribution >= 4 is 28.2 Å². The second-order valence-electron chi connectivity index (χ2n) is 6.51. The van der Waals surface area contributed by atoms with Crippen LogP contribution in [0, 0.1) is 6.92 Å². The quantitative estimate of drug-likeness (QED) is 0.478. The summed E-state index contributed by atoms with van der Waals surface area (Å²) in [5, 5.41) is 5.51. The second-order valence-corrected chi connectivity index (χ2v) is 6.95. The van der Waals surface area contributed by atoms with Crippen LogP contribution in [0.2, 0.25) is 5.02 Å². The molecule has 0 fully saturated rings. The van der Waals surface area contributed by atoms with Crippen molar-refractivity contribution in [3.63, 3.8) is 0 Å². The zero-order chi connectivity index (χ0) is 19.7. The summed E-state index contributed by atoms with van der Waals surface area (Å²) in [6.45, 7) is 3.89. The number of halogens is 1. The van der Waals surface area contributed by atoms with Gasteiger partial charge in [0.2, 0.25) is 0 Å². The summed E-state index contributed by atoms with van der Waals surface area (Å²) in [5.74, 6) is 0.430. The summed E-state index contributed by atoms with van der Waals surface area (Å²) in [6.07, 6.45) is 3.34. The molecular weight excluding hydrogens is 372 g/mol. The number of hydrogen-bond acceptors (Lipinski definition) is 4. The average molecular weight is 389 g/mol. The smallest absolute Gasteiger partial charge is 0.267 e. The Morgan fingerprint density at radius 1 is 1.11 bits per heavy atom. The first kappa shape index (κ1) is 18.1. The highest BCUT2D eigenvalue weighted by molar-refractivity contribution is 6.31. The number of fused-ring (bicyclic) bond motifs is 1. The third-order valence-corrected chi connectivity index (χ3v) is 4.65. The number of nitrogens with zero attached hydrogens (tertiary/aromatic N) is 4. The molecule has 0 radical (unpaired) electrons. The molecule has 0 aliphatic carbocycles. The van der Waals surface area contributed by atoms with Gasteiger partial charge in [0.1, 0.15) is 0 Å². The minimum Gasteiger partial charge on any atom is -0.267 e. The summed E-state index contributed by atoms with van der Waals surface area (Å²) < 4.78 is 1.33. The van der Waals surface area contributed by atoms with E-state index in [0.717, 1.165) is 11.1 Å². The Balaban J connectivity index is 2.01. The Morgan fingerprint density at radius 2 is 1.96 bits per heavy atom. The van der Waals surface area contributed by atoms with E-state index in [9.17, 15) is 4.79 Å². The summed E-state index contributed by atoms with van der Waals surface area (Å²) >= 11 is 6.10. The highest BCUT2D eigenvalue weighted by Crippen LogP contribution is 2.21. The van der Waals surface area contributed by atoms with Gasteiger partial charge in [-0.3, -0.25) is 9.78 Å². The summed E-state index contributed by atoms with van der Waals surface area (Å²) in [5.41, 5.74) is 3.76. The first-order chi connectivity index (χ1) is 13.5. The van der Waals surface area contributed by atoms with Gasteiger partial charge < -0.3 is 0 Å². The zero-order valence-corrected chi connectivity index (χ0v) is 16.2. The third kappa shape index (κ3) is 3.44. The second kappa shape index (κ2) is 7.37. The zero-order valence-electron chi connectivity index (χ0n) is 15.4. The third-order valence-electron chi connectivity index (χ3n) is 4.41. The lowest BCUT2D eigenvalue weighted by molar-refractivity contribution is 0.823. The van der Waals surface area contributed by atoms with Gasteiger partial charge in [0.05, 0.1) is 16.6 Å². The molecule has 28 heavy (non-hydrogen) atoms. The summed E-state index contributed by atoms with van der Waals surface area (Å²) in [7, 11) is 0. The maximum Gasteiger partial charge on any atom is 0.282 e. The van der Waals surface area contributed by atoms with Crippen LogP contribution >= 0.6 is 11.6 Å². The summed E-state index contributed by atoms with van der Waals surface area (Å²) in [6, 6.07) is 16.7. The molecule has 0 saturated carbocycles. The lowest BCUT2D eigenvalue weighted by Crippen LogP contribution is -2.21. The van der Waals surface area contributed by atoms with Gasteiger partial charge in [-0.15, -0.1) is 0 Å². The number of aryl methyl sites for hydroxylation is 1. The molecule has 4 rings (SSSR count). The van der Waals surface area contributed by atoms with E-state index in [-0.39, 0.29) is 5.56 Å². The van der Waals surface area contributed by atoms with Crippen LogP contribution in [0.3, 0.4) is 0 Å². The fourth-order valence-corrected chi connectivity index (χ4v) is 3.17.